The van der Waals surface area contributed by atoms with E-state index in [2.05, 4.69) is 10.3 Å². The molecule has 1 aromatic heterocycles. The Morgan fingerprint density at radius 3 is 2.61 bits per heavy atom. The maximum Gasteiger partial charge on any atom is 0.270 e. The number of para-hydroxylation sites is 1. The minimum atomic E-state index is -3.05. The van der Waals surface area contributed by atoms with Crippen molar-refractivity contribution in [2.45, 2.75) is 19.4 Å². The van der Waals surface area contributed by atoms with E-state index in [0.717, 1.165) is 5.69 Å². The molecular formula is C15H19N3O3S2. The van der Waals surface area contributed by atoms with Crippen LogP contribution in [0.1, 0.15) is 23.8 Å². The predicted molar refractivity (Wildman–Crippen MR) is 92.2 cm³/mol. The summed E-state index contributed by atoms with van der Waals surface area (Å²) in [6.07, 6.45) is 3.09. The molecule has 124 valence electrons. The molecule has 0 aliphatic heterocycles. The van der Waals surface area contributed by atoms with Crippen LogP contribution < -0.4 is 5.32 Å². The number of aromatic amines is 1. The van der Waals surface area contributed by atoms with Crippen molar-refractivity contribution >= 4 is 28.0 Å². The molecule has 2 N–H and O–H groups in total. The molecule has 0 aliphatic rings. The van der Waals surface area contributed by atoms with Crippen LogP contribution >= 0.6 is 12.2 Å². The number of imidazole rings is 1. The second kappa shape index (κ2) is 7.10. The highest BCUT2D eigenvalue weighted by molar-refractivity contribution is 7.90. The number of nitrogens with one attached hydrogen (secondary N) is 2. The molecule has 2 aromatic rings. The fourth-order valence-corrected chi connectivity index (χ4v) is 3.17. The van der Waals surface area contributed by atoms with Crippen molar-refractivity contribution in [3.63, 3.8) is 0 Å². The summed E-state index contributed by atoms with van der Waals surface area (Å²) in [5.74, 6) is -0.269. The summed E-state index contributed by atoms with van der Waals surface area (Å²) < 4.78 is 24.5. The Labute approximate surface area is 140 Å². The van der Waals surface area contributed by atoms with Crippen LogP contribution in [0.25, 0.3) is 5.69 Å². The predicted octanol–water partition coefficient (Wildman–Crippen LogP) is 2.09. The molecule has 0 radical (unpaired) electrons. The number of H-pyrrole nitrogens is 1. The van der Waals surface area contributed by atoms with Gasteiger partial charge in [-0.05, 0) is 37.7 Å². The van der Waals surface area contributed by atoms with Gasteiger partial charge in [0.05, 0.1) is 5.75 Å². The third kappa shape index (κ3) is 4.77. The molecule has 2 rings (SSSR count). The molecular weight excluding hydrogens is 334 g/mol. The molecule has 1 atom stereocenters. The third-order valence-electron chi connectivity index (χ3n) is 3.32. The van der Waals surface area contributed by atoms with Crippen LogP contribution in [0.5, 0.6) is 0 Å². The number of hydrogen-bond acceptors (Lipinski definition) is 4. The average molecular weight is 353 g/mol. The molecule has 8 heteroatoms. The van der Waals surface area contributed by atoms with Crippen molar-refractivity contribution in [1.82, 2.24) is 14.9 Å². The number of hydrogen-bond donors (Lipinski definition) is 2. The molecule has 6 nitrogen and oxygen atoms in total. The second-order valence-corrected chi connectivity index (χ2v) is 8.09. The van der Waals surface area contributed by atoms with E-state index >= 15 is 0 Å². The van der Waals surface area contributed by atoms with Crippen molar-refractivity contribution in [3.05, 3.63) is 47.0 Å². The van der Waals surface area contributed by atoms with E-state index in [1.165, 1.54) is 6.26 Å². The Morgan fingerprint density at radius 2 is 2.00 bits per heavy atom. The zero-order chi connectivity index (χ0) is 17.0. The molecule has 0 spiro atoms. The minimum Gasteiger partial charge on any atom is -0.348 e. The van der Waals surface area contributed by atoms with E-state index in [9.17, 15) is 13.2 Å². The minimum absolute atomic E-state index is 0.0343. The van der Waals surface area contributed by atoms with E-state index < -0.39 is 9.84 Å². The summed E-state index contributed by atoms with van der Waals surface area (Å²) in [5, 5.41) is 2.80. The third-order valence-corrected chi connectivity index (χ3v) is 4.60. The molecule has 0 saturated carbocycles. The first-order chi connectivity index (χ1) is 10.8. The fraction of sp³-hybridized carbons (Fsp3) is 0.333. The quantitative estimate of drug-likeness (QED) is 0.779. The SMILES string of the molecule is C[C@H](CCS(C)(=O)=O)NC(=O)c1c[nH]c(=S)n1-c1ccccc1. The van der Waals surface area contributed by atoms with Crippen LogP contribution in [0, 0.1) is 4.77 Å². The molecule has 0 aliphatic carbocycles. The van der Waals surface area contributed by atoms with Gasteiger partial charge in [-0.2, -0.15) is 0 Å². The van der Waals surface area contributed by atoms with Gasteiger partial charge in [0.2, 0.25) is 0 Å². The first-order valence-corrected chi connectivity index (χ1v) is 9.59. The van der Waals surface area contributed by atoms with Gasteiger partial charge in [0.1, 0.15) is 15.5 Å². The maximum absolute atomic E-state index is 12.4. The number of amides is 1. The Balaban J connectivity index is 2.17. The molecule has 23 heavy (non-hydrogen) atoms. The lowest BCUT2D eigenvalue weighted by Crippen LogP contribution is -2.35. The topological polar surface area (TPSA) is 84.0 Å². The van der Waals surface area contributed by atoms with Crippen LogP contribution in [0.15, 0.2) is 36.5 Å². The van der Waals surface area contributed by atoms with Gasteiger partial charge in [0.25, 0.3) is 5.91 Å². The average Bonchev–Trinajstić information content (AvgIpc) is 2.87. The summed E-state index contributed by atoms with van der Waals surface area (Å²) in [7, 11) is -3.05. The number of nitrogens with zero attached hydrogens (tertiary/aromatic N) is 1. The number of carbonyl (C=O) groups excluding carboxylic acids is 1. The first kappa shape index (κ1) is 17.4. The molecule has 1 aromatic carbocycles. The molecule has 0 unspecified atom stereocenters. The van der Waals surface area contributed by atoms with Crippen molar-refractivity contribution in [2.24, 2.45) is 0 Å². The molecule has 0 fully saturated rings. The van der Waals surface area contributed by atoms with Crippen molar-refractivity contribution in [1.29, 1.82) is 0 Å². The van der Waals surface area contributed by atoms with Crippen LogP contribution in [0.2, 0.25) is 0 Å². The monoisotopic (exact) mass is 353 g/mol. The highest BCUT2D eigenvalue weighted by Crippen LogP contribution is 2.12. The summed E-state index contributed by atoms with van der Waals surface area (Å²) >= 11 is 5.24. The van der Waals surface area contributed by atoms with Gasteiger partial charge in [-0.25, -0.2) is 8.42 Å². The zero-order valence-corrected chi connectivity index (χ0v) is 14.6. The fourth-order valence-electron chi connectivity index (χ4n) is 2.13. The van der Waals surface area contributed by atoms with Gasteiger partial charge in [0.15, 0.2) is 4.77 Å². The number of sulfone groups is 1. The van der Waals surface area contributed by atoms with Gasteiger partial charge in [-0.3, -0.25) is 9.36 Å². The Hall–Kier alpha value is -1.93. The largest absolute Gasteiger partial charge is 0.348 e. The maximum atomic E-state index is 12.4. The smallest absolute Gasteiger partial charge is 0.270 e. The summed E-state index contributed by atoms with van der Waals surface area (Å²) in [6, 6.07) is 9.05. The van der Waals surface area contributed by atoms with Crippen LogP contribution in [0.4, 0.5) is 0 Å². The highest BCUT2D eigenvalue weighted by Gasteiger charge is 2.17. The van der Waals surface area contributed by atoms with Crippen LogP contribution in [-0.4, -0.2) is 41.9 Å². The summed E-state index contributed by atoms with van der Waals surface area (Å²) in [4.78, 5) is 15.3. The Kier molecular flexibility index (Phi) is 5.38. The second-order valence-electron chi connectivity index (χ2n) is 5.44. The normalized spacial score (nSPS) is 12.8. The number of benzene rings is 1. The standard InChI is InChI=1S/C15H19N3O3S2/c1-11(8-9-23(2,20)21)17-14(19)13-10-16-15(22)18(13)12-6-4-3-5-7-12/h3-7,10-11H,8-9H2,1-2H3,(H,16,22)(H,17,19)/t11-/m1/s1. The number of carbonyl (C=O) groups is 1. The molecule has 0 bridgehead atoms. The van der Waals surface area contributed by atoms with Gasteiger partial charge in [-0.15, -0.1) is 0 Å². The van der Waals surface area contributed by atoms with Gasteiger partial charge < -0.3 is 10.3 Å². The Bertz CT molecular complexity index is 838. The molecule has 0 saturated heterocycles. The van der Waals surface area contributed by atoms with Crippen LogP contribution in [0.3, 0.4) is 0 Å². The number of aromatic nitrogens is 2. The van der Waals surface area contributed by atoms with E-state index in [0.29, 0.717) is 16.9 Å². The Morgan fingerprint density at radius 1 is 1.35 bits per heavy atom. The zero-order valence-electron chi connectivity index (χ0n) is 12.9. The van der Waals surface area contributed by atoms with Crippen molar-refractivity contribution < 1.29 is 13.2 Å². The van der Waals surface area contributed by atoms with E-state index in [1.54, 1.807) is 17.7 Å². The van der Waals surface area contributed by atoms with E-state index in [1.807, 2.05) is 30.3 Å². The van der Waals surface area contributed by atoms with E-state index in [-0.39, 0.29) is 17.7 Å². The van der Waals surface area contributed by atoms with Gasteiger partial charge in [0, 0.05) is 24.2 Å². The summed E-state index contributed by atoms with van der Waals surface area (Å²) in [5.41, 5.74) is 1.17. The van der Waals surface area contributed by atoms with Gasteiger partial charge >= 0.3 is 0 Å². The van der Waals surface area contributed by atoms with E-state index in [4.69, 9.17) is 12.2 Å². The van der Waals surface area contributed by atoms with Crippen molar-refractivity contribution in [3.8, 4) is 5.69 Å². The molecule has 1 heterocycles. The van der Waals surface area contributed by atoms with Gasteiger partial charge in [-0.1, -0.05) is 18.2 Å². The lowest BCUT2D eigenvalue weighted by Gasteiger charge is -2.14. The lowest BCUT2D eigenvalue weighted by molar-refractivity contribution is 0.0932. The van der Waals surface area contributed by atoms with Crippen molar-refractivity contribution in [2.75, 3.05) is 12.0 Å². The first-order valence-electron chi connectivity index (χ1n) is 7.12. The summed E-state index contributed by atoms with van der Waals surface area (Å²) in [6.45, 7) is 1.77. The highest BCUT2D eigenvalue weighted by atomic mass is 32.2. The van der Waals surface area contributed by atoms with Crippen LogP contribution in [-0.2, 0) is 9.84 Å². The molecule has 1 amide bonds. The number of rotatable bonds is 6. The lowest BCUT2D eigenvalue weighted by atomic mass is 10.2.